The van der Waals surface area contributed by atoms with Crippen LogP contribution in [0.15, 0.2) is 52.9 Å². The van der Waals surface area contributed by atoms with Crippen LogP contribution in [0.25, 0.3) is 11.0 Å². The van der Waals surface area contributed by atoms with Crippen molar-refractivity contribution in [2.24, 2.45) is 0 Å². The lowest BCUT2D eigenvalue weighted by Gasteiger charge is -2.17. The van der Waals surface area contributed by atoms with E-state index in [4.69, 9.17) is 9.15 Å². The van der Waals surface area contributed by atoms with Crippen molar-refractivity contribution in [2.45, 2.75) is 39.3 Å². The molecule has 0 aliphatic rings. The minimum Gasteiger partial charge on any atom is -0.490 e. The number of aryl methyl sites for hydroxylation is 1. The highest BCUT2D eigenvalue weighted by Crippen LogP contribution is 2.33. The van der Waals surface area contributed by atoms with Crippen LogP contribution in [0.3, 0.4) is 0 Å². The van der Waals surface area contributed by atoms with Crippen molar-refractivity contribution >= 4 is 16.8 Å². The molecular formula is C23H27NO4. The molecule has 1 heterocycles. The molecule has 2 N–H and O–H groups in total. The average Bonchev–Trinajstić information content (AvgIpc) is 3.13. The molecule has 0 aliphatic carbocycles. The van der Waals surface area contributed by atoms with Crippen LogP contribution in [0.5, 0.6) is 5.75 Å². The van der Waals surface area contributed by atoms with Crippen LogP contribution >= 0.6 is 0 Å². The highest BCUT2D eigenvalue weighted by molar-refractivity contribution is 6.17. The number of aliphatic hydroxyl groups is 1. The number of furan rings is 1. The molecule has 0 radical (unpaired) electrons. The van der Waals surface area contributed by atoms with Crippen molar-refractivity contribution in [3.63, 3.8) is 0 Å². The Morgan fingerprint density at radius 1 is 1.18 bits per heavy atom. The predicted octanol–water partition coefficient (Wildman–Crippen LogP) is 3.96. The molecule has 0 saturated heterocycles. The van der Waals surface area contributed by atoms with Gasteiger partial charge in [-0.15, -0.1) is 0 Å². The van der Waals surface area contributed by atoms with Gasteiger partial charge < -0.3 is 19.6 Å². The number of nitrogens with one attached hydrogen (secondary N) is 1. The zero-order chi connectivity index (χ0) is 20.1. The van der Waals surface area contributed by atoms with Crippen LogP contribution in [0.4, 0.5) is 0 Å². The average molecular weight is 381 g/mol. The topological polar surface area (TPSA) is 71.7 Å². The molecule has 3 rings (SSSR count). The molecule has 5 heteroatoms. The van der Waals surface area contributed by atoms with Gasteiger partial charge in [-0.25, -0.2) is 0 Å². The van der Waals surface area contributed by atoms with Crippen LogP contribution in [-0.2, 0) is 6.42 Å². The van der Waals surface area contributed by atoms with E-state index in [1.165, 1.54) is 0 Å². The highest BCUT2D eigenvalue weighted by Gasteiger charge is 2.21. The van der Waals surface area contributed by atoms with Crippen molar-refractivity contribution in [3.8, 4) is 5.75 Å². The third kappa shape index (κ3) is 4.61. The molecule has 0 saturated carbocycles. The van der Waals surface area contributed by atoms with Gasteiger partial charge in [0.15, 0.2) is 5.78 Å². The summed E-state index contributed by atoms with van der Waals surface area (Å²) in [7, 11) is 0. The summed E-state index contributed by atoms with van der Waals surface area (Å²) in [6.45, 7) is 6.56. The number of carbonyl (C=O) groups is 1. The first-order valence-electron chi connectivity index (χ1n) is 9.69. The van der Waals surface area contributed by atoms with E-state index in [1.807, 2.05) is 51.1 Å². The van der Waals surface area contributed by atoms with Gasteiger partial charge >= 0.3 is 0 Å². The summed E-state index contributed by atoms with van der Waals surface area (Å²) in [6, 6.07) is 14.8. The van der Waals surface area contributed by atoms with E-state index in [9.17, 15) is 9.90 Å². The van der Waals surface area contributed by atoms with E-state index < -0.39 is 6.10 Å². The second-order valence-electron chi connectivity index (χ2n) is 7.14. The Bertz CT molecular complexity index is 930. The Balaban J connectivity index is 1.94. The van der Waals surface area contributed by atoms with Crippen LogP contribution in [-0.4, -0.2) is 36.2 Å². The fourth-order valence-corrected chi connectivity index (χ4v) is 3.02. The first kappa shape index (κ1) is 20.1. The third-order valence-corrected chi connectivity index (χ3v) is 4.52. The minimum absolute atomic E-state index is 0.0960. The van der Waals surface area contributed by atoms with E-state index in [1.54, 1.807) is 18.2 Å². The van der Waals surface area contributed by atoms with Crippen LogP contribution in [0.2, 0.25) is 0 Å². The minimum atomic E-state index is -0.673. The van der Waals surface area contributed by atoms with E-state index in [0.717, 1.165) is 17.6 Å². The summed E-state index contributed by atoms with van der Waals surface area (Å²) in [4.78, 5) is 13.2. The van der Waals surface area contributed by atoms with E-state index >= 15 is 0 Å². The summed E-state index contributed by atoms with van der Waals surface area (Å²) in [6.07, 6.45) is 0.0667. The monoisotopic (exact) mass is 381 g/mol. The smallest absolute Gasteiger partial charge is 0.197 e. The molecule has 148 valence electrons. The van der Waals surface area contributed by atoms with Gasteiger partial charge in [0.1, 0.15) is 29.8 Å². The van der Waals surface area contributed by atoms with Crippen LogP contribution < -0.4 is 10.1 Å². The maximum Gasteiger partial charge on any atom is 0.197 e. The molecule has 0 aliphatic heterocycles. The predicted molar refractivity (Wildman–Crippen MR) is 110 cm³/mol. The van der Waals surface area contributed by atoms with E-state index in [-0.39, 0.29) is 18.4 Å². The Morgan fingerprint density at radius 2 is 1.93 bits per heavy atom. The summed E-state index contributed by atoms with van der Waals surface area (Å²) in [5, 5.41) is 14.1. The summed E-state index contributed by atoms with van der Waals surface area (Å²) >= 11 is 0. The molecule has 1 aromatic heterocycles. The Hall–Kier alpha value is -2.63. The number of ketones is 1. The summed E-state index contributed by atoms with van der Waals surface area (Å²) in [5.74, 6) is 1.14. The molecular weight excluding hydrogens is 354 g/mol. The van der Waals surface area contributed by atoms with Gasteiger partial charge in [-0.3, -0.25) is 4.79 Å². The van der Waals surface area contributed by atoms with Gasteiger partial charge in [-0.05, 0) is 18.2 Å². The fourth-order valence-electron chi connectivity index (χ4n) is 3.02. The van der Waals surface area contributed by atoms with Crippen molar-refractivity contribution < 1.29 is 19.1 Å². The second kappa shape index (κ2) is 9.04. The molecule has 28 heavy (non-hydrogen) atoms. The lowest BCUT2D eigenvalue weighted by atomic mass is 9.99. The number of benzene rings is 2. The second-order valence-corrected chi connectivity index (χ2v) is 7.14. The molecule has 3 aromatic rings. The number of aliphatic hydroxyl groups excluding tert-OH is 1. The Morgan fingerprint density at radius 3 is 2.61 bits per heavy atom. The Labute approximate surface area is 165 Å². The molecule has 1 atom stereocenters. The number of hydrogen-bond acceptors (Lipinski definition) is 5. The molecule has 0 amide bonds. The quantitative estimate of drug-likeness (QED) is 0.549. The molecule has 0 spiro atoms. The van der Waals surface area contributed by atoms with Crippen LogP contribution in [0.1, 0.15) is 42.5 Å². The first-order chi connectivity index (χ1) is 13.5. The maximum absolute atomic E-state index is 13.2. The van der Waals surface area contributed by atoms with Gasteiger partial charge in [0.25, 0.3) is 0 Å². The standard InChI is InChI=1S/C23H27NO4/c1-4-18-12-19-20(28-18)10-11-21(27-14-17(25)13-24-15(2)3)22(19)23(26)16-8-6-5-7-9-16/h5-12,15,17,24-25H,4,13-14H2,1-3H3. The number of rotatable bonds is 9. The van der Waals surface area contributed by atoms with Crippen molar-refractivity contribution in [1.82, 2.24) is 5.32 Å². The number of hydrogen-bond donors (Lipinski definition) is 2. The van der Waals surface area contributed by atoms with Gasteiger partial charge in [-0.1, -0.05) is 51.1 Å². The zero-order valence-corrected chi connectivity index (χ0v) is 16.6. The Kier molecular flexibility index (Phi) is 6.49. The molecule has 0 bridgehead atoms. The maximum atomic E-state index is 13.2. The van der Waals surface area contributed by atoms with Crippen LogP contribution in [0, 0.1) is 0 Å². The van der Waals surface area contributed by atoms with Crippen molar-refractivity contribution in [1.29, 1.82) is 0 Å². The molecule has 5 nitrogen and oxygen atoms in total. The number of carbonyl (C=O) groups excluding carboxylic acids is 1. The van der Waals surface area contributed by atoms with Crippen molar-refractivity contribution in [3.05, 3.63) is 65.4 Å². The fraction of sp³-hybridized carbons (Fsp3) is 0.348. The summed E-state index contributed by atoms with van der Waals surface area (Å²) < 4.78 is 11.7. The molecule has 2 aromatic carbocycles. The lowest BCUT2D eigenvalue weighted by molar-refractivity contribution is 0.0984. The van der Waals surface area contributed by atoms with Gasteiger partial charge in [0.05, 0.1) is 5.56 Å². The molecule has 1 unspecified atom stereocenters. The zero-order valence-electron chi connectivity index (χ0n) is 16.6. The lowest BCUT2D eigenvalue weighted by Crippen LogP contribution is -2.35. The van der Waals surface area contributed by atoms with E-state index in [0.29, 0.717) is 29.0 Å². The van der Waals surface area contributed by atoms with Gasteiger partial charge in [-0.2, -0.15) is 0 Å². The number of ether oxygens (including phenoxy) is 1. The normalized spacial score (nSPS) is 12.5. The third-order valence-electron chi connectivity index (χ3n) is 4.52. The van der Waals surface area contributed by atoms with E-state index in [2.05, 4.69) is 5.32 Å². The number of fused-ring (bicyclic) bond motifs is 1. The highest BCUT2D eigenvalue weighted by atomic mass is 16.5. The van der Waals surface area contributed by atoms with Crippen molar-refractivity contribution in [2.75, 3.05) is 13.2 Å². The summed E-state index contributed by atoms with van der Waals surface area (Å²) in [5.41, 5.74) is 1.71. The van der Waals surface area contributed by atoms with Gasteiger partial charge in [0.2, 0.25) is 0 Å². The first-order valence-corrected chi connectivity index (χ1v) is 9.69. The SMILES string of the molecule is CCc1cc2c(C(=O)c3ccccc3)c(OCC(O)CNC(C)C)ccc2o1. The molecule has 0 fully saturated rings. The van der Waals surface area contributed by atoms with Gasteiger partial charge in [0, 0.05) is 30.0 Å². The largest absolute Gasteiger partial charge is 0.490 e.